The summed E-state index contributed by atoms with van der Waals surface area (Å²) in [5.74, 6) is -0.570. The maximum atomic E-state index is 12.9. The van der Waals surface area contributed by atoms with Gasteiger partial charge in [0, 0.05) is 60.6 Å². The highest BCUT2D eigenvalue weighted by Gasteiger charge is 2.28. The fourth-order valence-corrected chi connectivity index (χ4v) is 5.82. The van der Waals surface area contributed by atoms with Crippen molar-refractivity contribution in [3.63, 3.8) is 0 Å². The number of hydrogen-bond donors (Lipinski definition) is 2. The van der Waals surface area contributed by atoms with Crippen LogP contribution in [-0.4, -0.2) is 82.7 Å². The first kappa shape index (κ1) is 34.6. The Labute approximate surface area is 287 Å². The molecule has 0 bridgehead atoms. The Hall–Kier alpha value is -4.75. The highest BCUT2D eigenvalue weighted by atomic mass is 35.5. The zero-order valence-corrected chi connectivity index (χ0v) is 28.8. The lowest BCUT2D eigenvalue weighted by Gasteiger charge is -2.37. The number of esters is 1. The van der Waals surface area contributed by atoms with Crippen molar-refractivity contribution in [2.24, 2.45) is 5.73 Å². The Morgan fingerprint density at radius 2 is 1.71 bits per heavy atom. The largest absolute Gasteiger partial charge is 0.494 e. The molecule has 5 rings (SSSR count). The van der Waals surface area contributed by atoms with Crippen LogP contribution in [0, 0.1) is 0 Å². The van der Waals surface area contributed by atoms with Crippen LogP contribution < -0.4 is 20.7 Å². The van der Waals surface area contributed by atoms with Crippen LogP contribution in [0.3, 0.4) is 0 Å². The molecule has 2 aromatic carbocycles. The van der Waals surface area contributed by atoms with Gasteiger partial charge in [-0.3, -0.25) is 9.20 Å². The van der Waals surface area contributed by atoms with E-state index >= 15 is 0 Å². The molecule has 0 saturated carbocycles. The van der Waals surface area contributed by atoms with Crippen LogP contribution in [0.15, 0.2) is 42.6 Å². The average molecular weight is 699 g/mol. The van der Waals surface area contributed by atoms with Gasteiger partial charge in [0.15, 0.2) is 11.3 Å². The van der Waals surface area contributed by atoms with Gasteiger partial charge in [-0.05, 0) is 57.5 Å². The Balaban J connectivity index is 1.50. The molecule has 4 aromatic rings. The van der Waals surface area contributed by atoms with Crippen molar-refractivity contribution in [1.29, 1.82) is 0 Å². The van der Waals surface area contributed by atoms with Gasteiger partial charge in [0.25, 0.3) is 5.91 Å². The number of nitrogens with one attached hydrogen (secondary N) is 1. The lowest BCUT2D eigenvalue weighted by Crippen LogP contribution is -2.50. The molecule has 2 amide bonds. The summed E-state index contributed by atoms with van der Waals surface area (Å²) in [5.41, 5.74) is 7.29. The van der Waals surface area contributed by atoms with E-state index < -0.39 is 17.5 Å². The summed E-state index contributed by atoms with van der Waals surface area (Å²) < 4.78 is 17.9. The monoisotopic (exact) mass is 697 g/mol. The van der Waals surface area contributed by atoms with Gasteiger partial charge >= 0.3 is 12.1 Å². The molecule has 0 spiro atoms. The van der Waals surface area contributed by atoms with Gasteiger partial charge in [0.1, 0.15) is 28.6 Å². The first-order valence-electron chi connectivity index (χ1n) is 15.3. The molecule has 1 saturated heterocycles. The molecule has 3 heterocycles. The first-order chi connectivity index (χ1) is 22.8. The molecule has 1 fully saturated rings. The van der Waals surface area contributed by atoms with Crippen LogP contribution >= 0.6 is 23.2 Å². The number of piperazine rings is 1. The molecule has 0 unspecified atom stereocenters. The SMILES string of the molecule is CCOC(=O)c1cn2c(Cc3c(Cl)cccc3Cl)nc(Nc3ccc(N4CCN(C(=O)OC(C)(C)C)CC4)cc3OC)c(C(N)=O)c2n1. The third-order valence-corrected chi connectivity index (χ3v) is 8.26. The molecule has 3 N–H and O–H groups in total. The molecule has 0 atom stereocenters. The number of nitrogens with two attached hydrogens (primary N) is 1. The van der Waals surface area contributed by atoms with Gasteiger partial charge in [-0.1, -0.05) is 29.3 Å². The molecule has 13 nitrogen and oxygen atoms in total. The minimum Gasteiger partial charge on any atom is -0.494 e. The highest BCUT2D eigenvalue weighted by Crippen LogP contribution is 2.35. The number of ether oxygens (including phenoxy) is 3. The number of benzene rings is 2. The summed E-state index contributed by atoms with van der Waals surface area (Å²) in [7, 11) is 1.53. The van der Waals surface area contributed by atoms with Crippen molar-refractivity contribution in [3.05, 3.63) is 75.3 Å². The molecule has 15 heteroatoms. The van der Waals surface area contributed by atoms with Gasteiger partial charge in [0.2, 0.25) is 0 Å². The maximum Gasteiger partial charge on any atom is 0.410 e. The van der Waals surface area contributed by atoms with Crippen LogP contribution in [0.5, 0.6) is 5.75 Å². The molecule has 48 heavy (non-hydrogen) atoms. The Morgan fingerprint density at radius 3 is 2.31 bits per heavy atom. The number of primary amides is 1. The van der Waals surface area contributed by atoms with E-state index in [2.05, 4.69) is 15.2 Å². The molecule has 254 valence electrons. The topological polar surface area (TPSA) is 154 Å². The minimum absolute atomic E-state index is 0.0292. The summed E-state index contributed by atoms with van der Waals surface area (Å²) in [6, 6.07) is 10.7. The summed E-state index contributed by atoms with van der Waals surface area (Å²) in [4.78, 5) is 51.2. The Bertz CT molecular complexity index is 1850. The summed E-state index contributed by atoms with van der Waals surface area (Å²) >= 11 is 13.0. The van der Waals surface area contributed by atoms with Crippen LogP contribution in [0.4, 0.5) is 22.0 Å². The number of imidazole rings is 1. The van der Waals surface area contributed by atoms with Gasteiger partial charge in [-0.2, -0.15) is 0 Å². The van der Waals surface area contributed by atoms with Crippen molar-refractivity contribution in [3.8, 4) is 5.75 Å². The number of rotatable bonds is 9. The Morgan fingerprint density at radius 1 is 1.02 bits per heavy atom. The predicted octanol–water partition coefficient (Wildman–Crippen LogP) is 5.71. The maximum absolute atomic E-state index is 12.9. The molecule has 0 aliphatic carbocycles. The molecular weight excluding hydrogens is 661 g/mol. The lowest BCUT2D eigenvalue weighted by molar-refractivity contribution is 0.0240. The summed E-state index contributed by atoms with van der Waals surface area (Å²) in [5, 5.41) is 4.03. The smallest absolute Gasteiger partial charge is 0.410 e. The standard InChI is InChI=1S/C33H37Cl2N7O6/c1-6-47-31(44)24-18-42-26(17-20-21(34)8-7-9-22(20)35)39-29(27(28(36)43)30(42)38-24)37-23-11-10-19(16-25(23)46-5)40-12-14-41(15-13-40)32(45)48-33(2,3)4/h7-11,16,18,37H,6,12-15,17H2,1-5H3,(H2,36,43). The van der Waals surface area contributed by atoms with E-state index in [1.807, 2.05) is 32.9 Å². The number of nitrogens with zero attached hydrogens (tertiary/aromatic N) is 5. The Kier molecular flexibility index (Phi) is 10.2. The lowest BCUT2D eigenvalue weighted by atomic mass is 10.1. The summed E-state index contributed by atoms with van der Waals surface area (Å²) in [6.45, 7) is 9.53. The van der Waals surface area contributed by atoms with Gasteiger partial charge in [-0.25, -0.2) is 19.6 Å². The molecule has 1 aliphatic rings. The number of amides is 2. The van der Waals surface area contributed by atoms with Gasteiger partial charge in [-0.15, -0.1) is 0 Å². The number of hydrogen-bond acceptors (Lipinski definition) is 10. The molecule has 0 radical (unpaired) electrons. The normalized spacial score (nSPS) is 13.4. The van der Waals surface area contributed by atoms with Crippen LogP contribution in [0.2, 0.25) is 10.0 Å². The van der Waals surface area contributed by atoms with Crippen molar-refractivity contribution in [2.75, 3.05) is 50.1 Å². The fourth-order valence-electron chi connectivity index (χ4n) is 5.28. The number of halogens is 2. The number of fused-ring (bicyclic) bond motifs is 1. The van der Waals surface area contributed by atoms with Gasteiger partial charge in [0.05, 0.1) is 19.4 Å². The van der Waals surface area contributed by atoms with Gasteiger partial charge < -0.3 is 35.1 Å². The van der Waals surface area contributed by atoms with Crippen LogP contribution in [0.1, 0.15) is 59.9 Å². The van der Waals surface area contributed by atoms with E-state index in [4.69, 9.17) is 48.1 Å². The number of carbonyl (C=O) groups is 3. The minimum atomic E-state index is -0.822. The summed E-state index contributed by atoms with van der Waals surface area (Å²) in [6.07, 6.45) is 1.23. The van der Waals surface area contributed by atoms with E-state index in [0.717, 1.165) is 5.69 Å². The third kappa shape index (κ3) is 7.52. The van der Waals surface area contributed by atoms with Crippen molar-refractivity contribution >= 4 is 64.0 Å². The molecule has 1 aliphatic heterocycles. The predicted molar refractivity (Wildman–Crippen MR) is 183 cm³/mol. The van der Waals surface area contributed by atoms with E-state index in [1.54, 1.807) is 36.1 Å². The van der Waals surface area contributed by atoms with Crippen LogP contribution in [-0.2, 0) is 15.9 Å². The molecular formula is C33H37Cl2N7O6. The quantitative estimate of drug-likeness (QED) is 0.208. The molecule has 2 aromatic heterocycles. The highest BCUT2D eigenvalue weighted by molar-refractivity contribution is 6.36. The number of anilines is 3. The van der Waals surface area contributed by atoms with E-state index in [0.29, 0.717) is 59.0 Å². The fraction of sp³-hybridized carbons (Fsp3) is 0.364. The van der Waals surface area contributed by atoms with Crippen molar-refractivity contribution < 1.29 is 28.6 Å². The van der Waals surface area contributed by atoms with E-state index in [1.165, 1.54) is 17.7 Å². The van der Waals surface area contributed by atoms with Crippen molar-refractivity contribution in [2.45, 2.75) is 39.7 Å². The number of methoxy groups -OCH3 is 1. The zero-order valence-electron chi connectivity index (χ0n) is 27.3. The van der Waals surface area contributed by atoms with E-state index in [-0.39, 0.29) is 41.8 Å². The number of carbonyl (C=O) groups excluding carboxylic acids is 3. The zero-order chi connectivity index (χ0) is 34.7. The van der Waals surface area contributed by atoms with Crippen molar-refractivity contribution in [1.82, 2.24) is 19.3 Å². The number of aromatic nitrogens is 3. The van der Waals surface area contributed by atoms with E-state index in [9.17, 15) is 14.4 Å². The first-order valence-corrected chi connectivity index (χ1v) is 16.0. The third-order valence-electron chi connectivity index (χ3n) is 7.55. The second-order valence-corrected chi connectivity index (χ2v) is 12.8. The van der Waals surface area contributed by atoms with Crippen LogP contribution in [0.25, 0.3) is 5.65 Å². The second-order valence-electron chi connectivity index (χ2n) is 12.0. The second kappa shape index (κ2) is 14.2. The average Bonchev–Trinajstić information content (AvgIpc) is 3.48.